The molecule has 98 valence electrons. The van der Waals surface area contributed by atoms with Crippen molar-refractivity contribution in [1.29, 1.82) is 0 Å². The van der Waals surface area contributed by atoms with Crippen LogP contribution < -0.4 is 5.32 Å². The molecule has 1 aromatic carbocycles. The largest absolute Gasteiger partial charge is 0.313 e. The van der Waals surface area contributed by atoms with Crippen molar-refractivity contribution in [2.24, 2.45) is 5.92 Å². The molecule has 0 aromatic heterocycles. The zero-order valence-electron chi connectivity index (χ0n) is 10.5. The van der Waals surface area contributed by atoms with Crippen LogP contribution in [0.15, 0.2) is 24.3 Å². The highest BCUT2D eigenvalue weighted by Crippen LogP contribution is 2.22. The van der Waals surface area contributed by atoms with Crippen LogP contribution in [0.3, 0.4) is 0 Å². The first-order valence-corrected chi connectivity index (χ1v) is 6.19. The Morgan fingerprint density at radius 1 is 1.50 bits per heavy atom. The molecule has 0 aliphatic rings. The summed E-state index contributed by atoms with van der Waals surface area (Å²) < 4.78 is 0. The second-order valence-electron chi connectivity index (χ2n) is 4.42. The third kappa shape index (κ3) is 4.85. The molecular formula is C13H17ClN2O2. The lowest BCUT2D eigenvalue weighted by atomic mass is 10.2. The third-order valence-electron chi connectivity index (χ3n) is 2.30. The fraction of sp³-hybridized carbons (Fsp3) is 0.385. The first-order valence-electron chi connectivity index (χ1n) is 5.82. The Kier molecular flexibility index (Phi) is 5.82. The molecule has 0 aliphatic heterocycles. The summed E-state index contributed by atoms with van der Waals surface area (Å²) in [6, 6.07) is 4.42. The summed E-state index contributed by atoms with van der Waals surface area (Å²) >= 11 is 5.97. The van der Waals surface area contributed by atoms with Gasteiger partial charge in [0.05, 0.1) is 4.92 Å². The molecule has 18 heavy (non-hydrogen) atoms. The molecule has 0 atom stereocenters. The van der Waals surface area contributed by atoms with Crippen molar-refractivity contribution >= 4 is 23.4 Å². The minimum Gasteiger partial charge on any atom is -0.313 e. The lowest BCUT2D eigenvalue weighted by molar-refractivity contribution is -0.384. The highest BCUT2D eigenvalue weighted by atomic mass is 35.5. The van der Waals surface area contributed by atoms with Crippen LogP contribution in [0, 0.1) is 16.0 Å². The van der Waals surface area contributed by atoms with Gasteiger partial charge in [-0.05, 0) is 24.1 Å². The summed E-state index contributed by atoms with van der Waals surface area (Å²) in [5.41, 5.74) is 0.714. The first-order chi connectivity index (χ1) is 8.50. The maximum atomic E-state index is 10.6. The summed E-state index contributed by atoms with van der Waals surface area (Å²) in [6.07, 6.45) is 3.70. The normalized spacial score (nSPS) is 11.3. The summed E-state index contributed by atoms with van der Waals surface area (Å²) in [5.74, 6) is 0.597. The van der Waals surface area contributed by atoms with Gasteiger partial charge in [-0.15, -0.1) is 0 Å². The highest BCUT2D eigenvalue weighted by molar-refractivity contribution is 6.32. The van der Waals surface area contributed by atoms with Crippen molar-refractivity contribution in [3.05, 3.63) is 45.0 Å². The molecule has 0 amide bonds. The number of nitrogens with zero attached hydrogens (tertiary/aromatic N) is 1. The van der Waals surface area contributed by atoms with Gasteiger partial charge in [0.1, 0.15) is 0 Å². The van der Waals surface area contributed by atoms with Crippen LogP contribution in [-0.4, -0.2) is 18.0 Å². The Morgan fingerprint density at radius 3 is 2.83 bits per heavy atom. The summed E-state index contributed by atoms with van der Waals surface area (Å²) in [5, 5.41) is 14.4. The van der Waals surface area contributed by atoms with E-state index >= 15 is 0 Å². The molecule has 5 heteroatoms. The predicted molar refractivity (Wildman–Crippen MR) is 74.8 cm³/mol. The van der Waals surface area contributed by atoms with Gasteiger partial charge < -0.3 is 5.32 Å². The molecule has 1 N–H and O–H groups in total. The van der Waals surface area contributed by atoms with Crippen molar-refractivity contribution in [3.63, 3.8) is 0 Å². The Labute approximate surface area is 112 Å². The molecule has 0 aliphatic carbocycles. The Hall–Kier alpha value is -1.39. The van der Waals surface area contributed by atoms with Crippen molar-refractivity contribution in [2.45, 2.75) is 13.8 Å². The van der Waals surface area contributed by atoms with Gasteiger partial charge >= 0.3 is 0 Å². The molecule has 0 heterocycles. The summed E-state index contributed by atoms with van der Waals surface area (Å²) in [4.78, 5) is 10.2. The number of benzene rings is 1. The fourth-order valence-corrected chi connectivity index (χ4v) is 1.59. The summed E-state index contributed by atoms with van der Waals surface area (Å²) in [6.45, 7) is 5.92. The van der Waals surface area contributed by atoms with E-state index in [1.54, 1.807) is 12.1 Å². The molecular weight excluding hydrogens is 252 g/mol. The maximum absolute atomic E-state index is 10.6. The molecule has 0 radical (unpaired) electrons. The molecule has 1 aromatic rings. The van der Waals surface area contributed by atoms with Gasteiger partial charge in [0, 0.05) is 23.7 Å². The maximum Gasteiger partial charge on any atom is 0.270 e. The van der Waals surface area contributed by atoms with Crippen LogP contribution in [-0.2, 0) is 0 Å². The zero-order chi connectivity index (χ0) is 13.5. The van der Waals surface area contributed by atoms with Crippen LogP contribution in [0.5, 0.6) is 0 Å². The number of hydrogen-bond acceptors (Lipinski definition) is 3. The average molecular weight is 269 g/mol. The van der Waals surface area contributed by atoms with Crippen molar-refractivity contribution in [1.82, 2.24) is 5.32 Å². The number of rotatable bonds is 6. The highest BCUT2D eigenvalue weighted by Gasteiger charge is 2.07. The van der Waals surface area contributed by atoms with Crippen molar-refractivity contribution in [3.8, 4) is 0 Å². The van der Waals surface area contributed by atoms with Crippen molar-refractivity contribution in [2.75, 3.05) is 13.1 Å². The third-order valence-corrected chi connectivity index (χ3v) is 2.65. The van der Waals surface area contributed by atoms with Crippen LogP contribution in [0.1, 0.15) is 19.4 Å². The number of nitro groups is 1. The minimum atomic E-state index is -0.426. The van der Waals surface area contributed by atoms with Gasteiger partial charge in [-0.1, -0.05) is 37.6 Å². The molecule has 1 rings (SSSR count). The number of non-ortho nitro benzene ring substituents is 1. The number of hydrogen-bond donors (Lipinski definition) is 1. The fourth-order valence-electron chi connectivity index (χ4n) is 1.41. The SMILES string of the molecule is CC(C)CNCC=Cc1cc([N+](=O)[O-])ccc1Cl. The van der Waals surface area contributed by atoms with Gasteiger partial charge in [0.15, 0.2) is 0 Å². The van der Waals surface area contributed by atoms with Crippen molar-refractivity contribution < 1.29 is 4.92 Å². The molecule has 0 saturated heterocycles. The topological polar surface area (TPSA) is 55.2 Å². The Morgan fingerprint density at radius 2 is 2.22 bits per heavy atom. The van der Waals surface area contributed by atoms with Crippen LogP contribution in [0.4, 0.5) is 5.69 Å². The standard InChI is InChI=1S/C13H17ClN2O2/c1-10(2)9-15-7-3-4-11-8-12(16(17)18)5-6-13(11)14/h3-6,8,10,15H,7,9H2,1-2H3. The van der Waals surface area contributed by atoms with Gasteiger partial charge in [-0.3, -0.25) is 10.1 Å². The molecule has 0 unspecified atom stereocenters. The van der Waals surface area contributed by atoms with E-state index < -0.39 is 4.92 Å². The number of halogens is 1. The molecule has 0 bridgehead atoms. The number of nitrogens with one attached hydrogen (secondary N) is 1. The van der Waals surface area contributed by atoms with E-state index in [4.69, 9.17) is 11.6 Å². The lowest BCUT2D eigenvalue weighted by Crippen LogP contribution is -2.19. The van der Waals surface area contributed by atoms with Gasteiger partial charge in [0.2, 0.25) is 0 Å². The first kappa shape index (κ1) is 14.7. The minimum absolute atomic E-state index is 0.0502. The zero-order valence-corrected chi connectivity index (χ0v) is 11.3. The lowest BCUT2D eigenvalue weighted by Gasteiger charge is -2.04. The second kappa shape index (κ2) is 7.13. The summed E-state index contributed by atoms with van der Waals surface area (Å²) in [7, 11) is 0. The number of nitro benzene ring substituents is 1. The van der Waals surface area contributed by atoms with Gasteiger partial charge in [-0.2, -0.15) is 0 Å². The Balaban J connectivity index is 2.63. The van der Waals surface area contributed by atoms with E-state index in [1.165, 1.54) is 12.1 Å². The molecule has 0 spiro atoms. The van der Waals surface area contributed by atoms with E-state index in [0.29, 0.717) is 16.5 Å². The molecule has 0 saturated carbocycles. The predicted octanol–water partition coefficient (Wildman–Crippen LogP) is 3.51. The van der Waals surface area contributed by atoms with E-state index in [1.807, 2.05) is 6.08 Å². The van der Waals surface area contributed by atoms with E-state index in [9.17, 15) is 10.1 Å². The second-order valence-corrected chi connectivity index (χ2v) is 4.82. The van der Waals surface area contributed by atoms with E-state index in [0.717, 1.165) is 13.1 Å². The van der Waals surface area contributed by atoms with Crippen LogP contribution in [0.25, 0.3) is 6.08 Å². The quantitative estimate of drug-likeness (QED) is 0.488. The molecule has 0 fully saturated rings. The van der Waals surface area contributed by atoms with Crippen LogP contribution >= 0.6 is 11.6 Å². The van der Waals surface area contributed by atoms with E-state index in [-0.39, 0.29) is 5.69 Å². The Bertz CT molecular complexity index is 445. The van der Waals surface area contributed by atoms with Crippen LogP contribution in [0.2, 0.25) is 5.02 Å². The van der Waals surface area contributed by atoms with Gasteiger partial charge in [-0.25, -0.2) is 0 Å². The average Bonchev–Trinajstić information content (AvgIpc) is 2.30. The smallest absolute Gasteiger partial charge is 0.270 e. The van der Waals surface area contributed by atoms with Gasteiger partial charge in [0.25, 0.3) is 5.69 Å². The molecule has 4 nitrogen and oxygen atoms in total. The monoisotopic (exact) mass is 268 g/mol. The van der Waals surface area contributed by atoms with E-state index in [2.05, 4.69) is 19.2 Å².